The fourth-order valence-corrected chi connectivity index (χ4v) is 1.72. The van der Waals surface area contributed by atoms with Crippen molar-refractivity contribution in [1.82, 2.24) is 4.98 Å². The highest BCUT2D eigenvalue weighted by atomic mass is 14.8. The van der Waals surface area contributed by atoms with Crippen LogP contribution in [0.5, 0.6) is 0 Å². The Bertz CT molecular complexity index is 437. The molecule has 1 aromatic carbocycles. The Hall–Kier alpha value is -1.83. The number of aromatic nitrogens is 1. The van der Waals surface area contributed by atoms with E-state index in [2.05, 4.69) is 24.0 Å². The van der Waals surface area contributed by atoms with Crippen molar-refractivity contribution < 1.29 is 0 Å². The van der Waals surface area contributed by atoms with Crippen LogP contribution in [0.25, 0.3) is 0 Å². The van der Waals surface area contributed by atoms with Crippen LogP contribution < -0.4 is 5.73 Å². The van der Waals surface area contributed by atoms with E-state index in [4.69, 9.17) is 5.73 Å². The van der Waals surface area contributed by atoms with E-state index in [-0.39, 0.29) is 0 Å². The molecule has 76 valence electrons. The maximum atomic E-state index is 5.85. The zero-order chi connectivity index (χ0) is 10.7. The van der Waals surface area contributed by atoms with Crippen molar-refractivity contribution in [2.75, 3.05) is 5.73 Å². The predicted molar refractivity (Wildman–Crippen MR) is 62.6 cm³/mol. The SMILES string of the molecule is C[C@@H](c1ccccc1)c1cccnc1N. The predicted octanol–water partition coefficient (Wildman–Crippen LogP) is 2.82. The molecule has 1 heterocycles. The summed E-state index contributed by atoms with van der Waals surface area (Å²) in [6.45, 7) is 2.14. The smallest absolute Gasteiger partial charge is 0.127 e. The average molecular weight is 198 g/mol. The van der Waals surface area contributed by atoms with Gasteiger partial charge in [-0.05, 0) is 11.6 Å². The van der Waals surface area contributed by atoms with Gasteiger partial charge in [-0.2, -0.15) is 0 Å². The van der Waals surface area contributed by atoms with Gasteiger partial charge in [0.05, 0.1) is 0 Å². The first-order valence-corrected chi connectivity index (χ1v) is 5.04. The highest BCUT2D eigenvalue weighted by molar-refractivity contribution is 5.45. The minimum atomic E-state index is 0.292. The van der Waals surface area contributed by atoms with Gasteiger partial charge >= 0.3 is 0 Å². The molecule has 1 aromatic heterocycles. The molecule has 0 fully saturated rings. The van der Waals surface area contributed by atoms with Crippen LogP contribution in [0.2, 0.25) is 0 Å². The van der Waals surface area contributed by atoms with Crippen LogP contribution in [0.3, 0.4) is 0 Å². The summed E-state index contributed by atoms with van der Waals surface area (Å²) in [5.74, 6) is 0.911. The summed E-state index contributed by atoms with van der Waals surface area (Å²) in [4.78, 5) is 4.10. The van der Waals surface area contributed by atoms with E-state index in [9.17, 15) is 0 Å². The quantitative estimate of drug-likeness (QED) is 0.805. The van der Waals surface area contributed by atoms with E-state index in [1.165, 1.54) is 5.56 Å². The fourth-order valence-electron chi connectivity index (χ4n) is 1.72. The van der Waals surface area contributed by atoms with E-state index in [1.54, 1.807) is 6.20 Å². The highest BCUT2D eigenvalue weighted by Crippen LogP contribution is 2.26. The van der Waals surface area contributed by atoms with Gasteiger partial charge in [-0.25, -0.2) is 4.98 Å². The second-order valence-electron chi connectivity index (χ2n) is 3.61. The monoisotopic (exact) mass is 198 g/mol. The molecule has 0 aliphatic carbocycles. The third kappa shape index (κ3) is 1.99. The van der Waals surface area contributed by atoms with Gasteiger partial charge < -0.3 is 5.73 Å². The molecule has 0 unspecified atom stereocenters. The van der Waals surface area contributed by atoms with E-state index >= 15 is 0 Å². The lowest BCUT2D eigenvalue weighted by molar-refractivity contribution is 0.917. The molecule has 0 amide bonds. The lowest BCUT2D eigenvalue weighted by atomic mass is 9.94. The number of nitrogen functional groups attached to an aromatic ring is 1. The summed E-state index contributed by atoms with van der Waals surface area (Å²) in [6.07, 6.45) is 1.72. The molecule has 1 atom stereocenters. The standard InChI is InChI=1S/C13H14N2/c1-10(11-6-3-2-4-7-11)12-8-5-9-15-13(12)14/h2-10H,1H3,(H2,14,15)/t10-/m0/s1. The molecular formula is C13H14N2. The van der Waals surface area contributed by atoms with E-state index in [0.717, 1.165) is 5.56 Å². The Morgan fingerprint density at radius 3 is 2.47 bits per heavy atom. The first-order chi connectivity index (χ1) is 7.29. The van der Waals surface area contributed by atoms with Gasteiger partial charge in [-0.1, -0.05) is 43.3 Å². The van der Waals surface area contributed by atoms with Crippen LogP contribution in [-0.2, 0) is 0 Å². The topological polar surface area (TPSA) is 38.9 Å². The largest absolute Gasteiger partial charge is 0.383 e. The van der Waals surface area contributed by atoms with Crippen molar-refractivity contribution in [3.05, 3.63) is 59.8 Å². The van der Waals surface area contributed by atoms with Gasteiger partial charge in [0.1, 0.15) is 5.82 Å². The number of benzene rings is 1. The molecule has 0 radical (unpaired) electrons. The maximum absolute atomic E-state index is 5.85. The Labute approximate surface area is 89.8 Å². The molecule has 0 aliphatic rings. The summed E-state index contributed by atoms with van der Waals surface area (Å²) >= 11 is 0. The number of nitrogens with two attached hydrogens (primary N) is 1. The molecule has 2 N–H and O–H groups in total. The first kappa shape index (κ1) is 9.71. The Kier molecular flexibility index (Phi) is 2.68. The Balaban J connectivity index is 2.37. The molecule has 2 heteroatoms. The van der Waals surface area contributed by atoms with Crippen LogP contribution >= 0.6 is 0 Å². The van der Waals surface area contributed by atoms with Crippen molar-refractivity contribution in [1.29, 1.82) is 0 Å². The van der Waals surface area contributed by atoms with E-state index in [0.29, 0.717) is 11.7 Å². The summed E-state index contributed by atoms with van der Waals surface area (Å²) < 4.78 is 0. The van der Waals surface area contributed by atoms with Gasteiger partial charge in [-0.15, -0.1) is 0 Å². The van der Waals surface area contributed by atoms with Crippen molar-refractivity contribution in [2.45, 2.75) is 12.8 Å². The fraction of sp³-hybridized carbons (Fsp3) is 0.154. The van der Waals surface area contributed by atoms with E-state index in [1.807, 2.05) is 30.3 Å². The summed E-state index contributed by atoms with van der Waals surface area (Å²) in [7, 11) is 0. The zero-order valence-electron chi connectivity index (χ0n) is 8.72. The number of rotatable bonds is 2. The van der Waals surface area contributed by atoms with Gasteiger partial charge in [0.2, 0.25) is 0 Å². The van der Waals surface area contributed by atoms with Crippen molar-refractivity contribution in [2.24, 2.45) is 0 Å². The van der Waals surface area contributed by atoms with Crippen molar-refractivity contribution in [3.63, 3.8) is 0 Å². The number of hydrogen-bond donors (Lipinski definition) is 1. The van der Waals surface area contributed by atoms with Gasteiger partial charge in [0, 0.05) is 17.7 Å². The lowest BCUT2D eigenvalue weighted by Gasteiger charge is -2.13. The molecule has 2 rings (SSSR count). The number of nitrogens with zero attached hydrogens (tertiary/aromatic N) is 1. The molecule has 0 spiro atoms. The maximum Gasteiger partial charge on any atom is 0.127 e. The first-order valence-electron chi connectivity index (χ1n) is 5.04. The normalized spacial score (nSPS) is 12.3. The van der Waals surface area contributed by atoms with Crippen molar-refractivity contribution >= 4 is 5.82 Å². The molecule has 2 nitrogen and oxygen atoms in total. The minimum Gasteiger partial charge on any atom is -0.383 e. The van der Waals surface area contributed by atoms with Gasteiger partial charge in [0.25, 0.3) is 0 Å². The third-order valence-electron chi connectivity index (χ3n) is 2.64. The van der Waals surface area contributed by atoms with Crippen LogP contribution in [0.15, 0.2) is 48.7 Å². The zero-order valence-corrected chi connectivity index (χ0v) is 8.72. The lowest BCUT2D eigenvalue weighted by Crippen LogP contribution is -2.02. The van der Waals surface area contributed by atoms with Gasteiger partial charge in [0.15, 0.2) is 0 Å². The molecular weight excluding hydrogens is 184 g/mol. The molecule has 2 aromatic rings. The second kappa shape index (κ2) is 4.13. The summed E-state index contributed by atoms with van der Waals surface area (Å²) in [5, 5.41) is 0. The van der Waals surface area contributed by atoms with Crippen molar-refractivity contribution in [3.8, 4) is 0 Å². The van der Waals surface area contributed by atoms with Crippen LogP contribution in [0, 0.1) is 0 Å². The third-order valence-corrected chi connectivity index (χ3v) is 2.64. The molecule has 0 saturated carbocycles. The van der Waals surface area contributed by atoms with Gasteiger partial charge in [-0.3, -0.25) is 0 Å². The number of anilines is 1. The molecule has 0 bridgehead atoms. The Morgan fingerprint density at radius 1 is 1.07 bits per heavy atom. The number of pyridine rings is 1. The summed E-state index contributed by atoms with van der Waals surface area (Å²) in [6, 6.07) is 14.3. The van der Waals surface area contributed by atoms with Crippen LogP contribution in [0.1, 0.15) is 24.0 Å². The second-order valence-corrected chi connectivity index (χ2v) is 3.61. The average Bonchev–Trinajstić information content (AvgIpc) is 2.30. The Morgan fingerprint density at radius 2 is 1.80 bits per heavy atom. The van der Waals surface area contributed by atoms with Crippen LogP contribution in [0.4, 0.5) is 5.82 Å². The minimum absolute atomic E-state index is 0.292. The molecule has 15 heavy (non-hydrogen) atoms. The number of hydrogen-bond acceptors (Lipinski definition) is 2. The summed E-state index contributed by atoms with van der Waals surface area (Å²) in [5.41, 5.74) is 8.20. The van der Waals surface area contributed by atoms with Crippen LogP contribution in [-0.4, -0.2) is 4.98 Å². The molecule has 0 aliphatic heterocycles. The molecule has 0 saturated heterocycles. The van der Waals surface area contributed by atoms with E-state index < -0.39 is 0 Å². The highest BCUT2D eigenvalue weighted by Gasteiger charge is 2.10.